The molecule has 16 heavy (non-hydrogen) atoms. The van der Waals surface area contributed by atoms with Crippen LogP contribution in [0.3, 0.4) is 0 Å². The van der Waals surface area contributed by atoms with E-state index in [1.807, 2.05) is 0 Å². The third-order valence-corrected chi connectivity index (χ3v) is 3.56. The molecule has 0 radical (unpaired) electrons. The van der Waals surface area contributed by atoms with Gasteiger partial charge in [-0.1, -0.05) is 26.7 Å². The molecule has 1 rings (SSSR count). The average molecular weight is 226 g/mol. The molecular formula is C13H26N2O. The quantitative estimate of drug-likeness (QED) is 0.728. The van der Waals surface area contributed by atoms with Gasteiger partial charge in [0.1, 0.15) is 0 Å². The minimum atomic E-state index is 0.143. The van der Waals surface area contributed by atoms with Crippen LogP contribution in [0.4, 0.5) is 0 Å². The molecule has 0 aromatic rings. The van der Waals surface area contributed by atoms with Crippen LogP contribution in [0.1, 0.15) is 52.4 Å². The van der Waals surface area contributed by atoms with E-state index in [2.05, 4.69) is 19.2 Å². The Morgan fingerprint density at radius 3 is 2.50 bits per heavy atom. The molecule has 0 aromatic heterocycles. The molecule has 3 N–H and O–H groups in total. The lowest BCUT2D eigenvalue weighted by Gasteiger charge is -2.22. The SMILES string of the molecule is CC(C)C(CCCN)C(=O)NC1CCCC1. The van der Waals surface area contributed by atoms with Crippen molar-refractivity contribution in [2.75, 3.05) is 6.54 Å². The second kappa shape index (κ2) is 6.89. The highest BCUT2D eigenvalue weighted by molar-refractivity contribution is 5.79. The van der Waals surface area contributed by atoms with Crippen LogP contribution in [0.2, 0.25) is 0 Å². The van der Waals surface area contributed by atoms with Gasteiger partial charge in [-0.15, -0.1) is 0 Å². The van der Waals surface area contributed by atoms with E-state index in [4.69, 9.17) is 5.73 Å². The molecule has 1 aliphatic carbocycles. The van der Waals surface area contributed by atoms with E-state index in [0.29, 0.717) is 18.5 Å². The first-order valence-electron chi connectivity index (χ1n) is 6.65. The minimum absolute atomic E-state index is 0.143. The highest BCUT2D eigenvalue weighted by atomic mass is 16.1. The molecule has 3 heteroatoms. The summed E-state index contributed by atoms with van der Waals surface area (Å²) in [6, 6.07) is 0.437. The molecule has 0 bridgehead atoms. The zero-order chi connectivity index (χ0) is 12.0. The van der Waals surface area contributed by atoms with Crippen molar-refractivity contribution in [2.45, 2.75) is 58.4 Å². The van der Waals surface area contributed by atoms with Crippen LogP contribution >= 0.6 is 0 Å². The monoisotopic (exact) mass is 226 g/mol. The van der Waals surface area contributed by atoms with Crippen LogP contribution < -0.4 is 11.1 Å². The number of rotatable bonds is 6. The summed E-state index contributed by atoms with van der Waals surface area (Å²) in [5, 5.41) is 3.19. The van der Waals surface area contributed by atoms with E-state index >= 15 is 0 Å². The molecule has 0 spiro atoms. The maximum Gasteiger partial charge on any atom is 0.223 e. The summed E-state index contributed by atoms with van der Waals surface area (Å²) in [6.45, 7) is 4.92. The molecule has 0 aliphatic heterocycles. The van der Waals surface area contributed by atoms with Gasteiger partial charge < -0.3 is 11.1 Å². The molecule has 94 valence electrons. The molecule has 0 aromatic carbocycles. The van der Waals surface area contributed by atoms with Crippen molar-refractivity contribution in [3.05, 3.63) is 0 Å². The van der Waals surface area contributed by atoms with Crippen LogP contribution in [-0.4, -0.2) is 18.5 Å². The van der Waals surface area contributed by atoms with Gasteiger partial charge in [-0.05, 0) is 38.1 Å². The Balaban J connectivity index is 2.39. The van der Waals surface area contributed by atoms with Gasteiger partial charge in [0.25, 0.3) is 0 Å². The molecule has 1 aliphatic rings. The maximum absolute atomic E-state index is 12.1. The number of hydrogen-bond acceptors (Lipinski definition) is 2. The van der Waals surface area contributed by atoms with Crippen LogP contribution in [0.25, 0.3) is 0 Å². The van der Waals surface area contributed by atoms with E-state index in [-0.39, 0.29) is 11.8 Å². The predicted octanol–water partition coefficient (Wildman–Crippen LogP) is 2.06. The fraction of sp³-hybridized carbons (Fsp3) is 0.923. The van der Waals surface area contributed by atoms with Crippen LogP contribution in [0, 0.1) is 11.8 Å². The van der Waals surface area contributed by atoms with E-state index in [1.165, 1.54) is 12.8 Å². The number of carbonyl (C=O) groups is 1. The topological polar surface area (TPSA) is 55.1 Å². The normalized spacial score (nSPS) is 19.0. The summed E-state index contributed by atoms with van der Waals surface area (Å²) in [5.74, 6) is 0.799. The highest BCUT2D eigenvalue weighted by Crippen LogP contribution is 2.21. The largest absolute Gasteiger partial charge is 0.353 e. The lowest BCUT2D eigenvalue weighted by atomic mass is 9.90. The Bertz CT molecular complexity index is 210. The summed E-state index contributed by atoms with van der Waals surface area (Å²) >= 11 is 0. The van der Waals surface area contributed by atoms with Crippen LogP contribution in [0.5, 0.6) is 0 Å². The molecule has 1 atom stereocenters. The number of hydrogen-bond donors (Lipinski definition) is 2. The third kappa shape index (κ3) is 4.12. The van der Waals surface area contributed by atoms with E-state index in [1.54, 1.807) is 0 Å². The van der Waals surface area contributed by atoms with Crippen LogP contribution in [-0.2, 0) is 4.79 Å². The molecule has 3 nitrogen and oxygen atoms in total. The highest BCUT2D eigenvalue weighted by Gasteiger charge is 2.25. The fourth-order valence-electron chi connectivity index (χ4n) is 2.48. The second-order valence-electron chi connectivity index (χ2n) is 5.27. The van der Waals surface area contributed by atoms with Gasteiger partial charge >= 0.3 is 0 Å². The first-order chi connectivity index (χ1) is 7.65. The molecular weight excluding hydrogens is 200 g/mol. The Kier molecular flexibility index (Phi) is 5.81. The molecule has 1 unspecified atom stereocenters. The lowest BCUT2D eigenvalue weighted by Crippen LogP contribution is -2.39. The van der Waals surface area contributed by atoms with Crippen molar-refractivity contribution in [3.8, 4) is 0 Å². The van der Waals surface area contributed by atoms with E-state index in [0.717, 1.165) is 25.7 Å². The first kappa shape index (κ1) is 13.5. The van der Waals surface area contributed by atoms with Gasteiger partial charge in [-0.25, -0.2) is 0 Å². The summed E-state index contributed by atoms with van der Waals surface area (Å²) in [7, 11) is 0. The Hall–Kier alpha value is -0.570. The standard InChI is InChI=1S/C13H26N2O/c1-10(2)12(8-5-9-14)13(16)15-11-6-3-4-7-11/h10-12H,3-9,14H2,1-2H3,(H,15,16). The summed E-state index contributed by atoms with van der Waals surface area (Å²) < 4.78 is 0. The number of carbonyl (C=O) groups excluding carboxylic acids is 1. The molecule has 0 saturated heterocycles. The smallest absolute Gasteiger partial charge is 0.223 e. The molecule has 1 saturated carbocycles. The van der Waals surface area contributed by atoms with Crippen molar-refractivity contribution in [3.63, 3.8) is 0 Å². The zero-order valence-corrected chi connectivity index (χ0v) is 10.7. The fourth-order valence-corrected chi connectivity index (χ4v) is 2.48. The van der Waals surface area contributed by atoms with Crippen molar-refractivity contribution >= 4 is 5.91 Å². The van der Waals surface area contributed by atoms with Crippen molar-refractivity contribution in [1.82, 2.24) is 5.32 Å². The van der Waals surface area contributed by atoms with Gasteiger partial charge in [0.2, 0.25) is 5.91 Å². The van der Waals surface area contributed by atoms with Crippen LogP contribution in [0.15, 0.2) is 0 Å². The lowest BCUT2D eigenvalue weighted by molar-refractivity contribution is -0.127. The van der Waals surface area contributed by atoms with E-state index in [9.17, 15) is 4.79 Å². The molecule has 1 fully saturated rings. The number of nitrogens with one attached hydrogen (secondary N) is 1. The van der Waals surface area contributed by atoms with Gasteiger partial charge in [-0.2, -0.15) is 0 Å². The number of amides is 1. The first-order valence-corrected chi connectivity index (χ1v) is 6.65. The summed E-state index contributed by atoms with van der Waals surface area (Å²) in [5.41, 5.74) is 5.51. The van der Waals surface area contributed by atoms with Gasteiger partial charge in [0.15, 0.2) is 0 Å². The van der Waals surface area contributed by atoms with Gasteiger partial charge in [0.05, 0.1) is 0 Å². The Labute approximate surface area is 99.2 Å². The van der Waals surface area contributed by atoms with E-state index < -0.39 is 0 Å². The van der Waals surface area contributed by atoms with Crippen molar-refractivity contribution in [1.29, 1.82) is 0 Å². The predicted molar refractivity (Wildman–Crippen MR) is 67.0 cm³/mol. The minimum Gasteiger partial charge on any atom is -0.353 e. The molecule has 1 amide bonds. The average Bonchev–Trinajstić information content (AvgIpc) is 2.70. The third-order valence-electron chi connectivity index (χ3n) is 3.56. The van der Waals surface area contributed by atoms with Crippen molar-refractivity contribution < 1.29 is 4.79 Å². The molecule has 0 heterocycles. The zero-order valence-electron chi connectivity index (χ0n) is 10.7. The Morgan fingerprint density at radius 1 is 1.38 bits per heavy atom. The number of nitrogens with two attached hydrogens (primary N) is 1. The summed E-state index contributed by atoms with van der Waals surface area (Å²) in [4.78, 5) is 12.1. The van der Waals surface area contributed by atoms with Gasteiger partial charge in [-0.3, -0.25) is 4.79 Å². The summed E-state index contributed by atoms with van der Waals surface area (Å²) in [6.07, 6.45) is 6.72. The van der Waals surface area contributed by atoms with Crippen molar-refractivity contribution in [2.24, 2.45) is 17.6 Å². The second-order valence-corrected chi connectivity index (χ2v) is 5.27. The Morgan fingerprint density at radius 2 is 2.00 bits per heavy atom. The van der Waals surface area contributed by atoms with Gasteiger partial charge in [0, 0.05) is 12.0 Å². The maximum atomic E-state index is 12.1.